The molecule has 0 saturated heterocycles. The van der Waals surface area contributed by atoms with Gasteiger partial charge in [0, 0.05) is 19.3 Å². The predicted octanol–water partition coefficient (Wildman–Crippen LogP) is 16.2. The van der Waals surface area contributed by atoms with Crippen LogP contribution in [0, 0.1) is 0 Å². The number of allylic oxidation sites excluding steroid dienone is 26. The van der Waals surface area contributed by atoms with Crippen molar-refractivity contribution in [3.05, 3.63) is 158 Å². The molecule has 64 heavy (non-hydrogen) atoms. The molecule has 0 spiro atoms. The standard InChI is InChI=1S/C58H86O6/c1-4-7-10-13-16-19-21-23-25-27-29-31-32-34-36-39-42-45-48-51-57(60)63-54-55(53-62-56(59)50-47-44-41-38-18-15-12-9-6-3)64-58(61)52-49-46-43-40-37-35-33-30-28-26-24-22-20-17-14-11-8-5-2/h7,10-11,13-14,16-17,19-34,36,38,41,55H,4-6,8-9,12,15,18,35,37,39-40,42-54H2,1-3H3/b10-7-,14-11-,16-13-,20-17-,21-19-,24-22-,25-23-,28-26-,29-27+,32-31-,33-30-,36-34-,41-38-. The van der Waals surface area contributed by atoms with Gasteiger partial charge in [-0.15, -0.1) is 0 Å². The summed E-state index contributed by atoms with van der Waals surface area (Å²) < 4.78 is 16.6. The quantitative estimate of drug-likeness (QED) is 0.0200. The first-order valence-corrected chi connectivity index (χ1v) is 24.7. The van der Waals surface area contributed by atoms with Crippen LogP contribution in [-0.4, -0.2) is 37.2 Å². The maximum Gasteiger partial charge on any atom is 0.306 e. The third-order valence-electron chi connectivity index (χ3n) is 9.54. The Hall–Kier alpha value is -4.97. The van der Waals surface area contributed by atoms with E-state index >= 15 is 0 Å². The van der Waals surface area contributed by atoms with Gasteiger partial charge >= 0.3 is 17.9 Å². The molecule has 6 nitrogen and oxygen atoms in total. The minimum absolute atomic E-state index is 0.127. The highest BCUT2D eigenvalue weighted by atomic mass is 16.6. The Labute approximate surface area is 390 Å². The van der Waals surface area contributed by atoms with E-state index in [9.17, 15) is 14.4 Å². The Morgan fingerprint density at radius 2 is 0.672 bits per heavy atom. The molecule has 1 unspecified atom stereocenters. The molecule has 0 aromatic carbocycles. The minimum Gasteiger partial charge on any atom is -0.462 e. The molecule has 0 aliphatic rings. The summed E-state index contributed by atoms with van der Waals surface area (Å²) in [5.41, 5.74) is 0. The maximum atomic E-state index is 12.8. The molecule has 0 aliphatic heterocycles. The molecule has 1 atom stereocenters. The van der Waals surface area contributed by atoms with Gasteiger partial charge in [-0.05, 0) is 77.0 Å². The number of unbranched alkanes of at least 4 members (excludes halogenated alkanes) is 14. The van der Waals surface area contributed by atoms with Crippen LogP contribution >= 0.6 is 0 Å². The van der Waals surface area contributed by atoms with Crippen molar-refractivity contribution in [3.63, 3.8) is 0 Å². The highest BCUT2D eigenvalue weighted by molar-refractivity contribution is 5.71. The molecular weight excluding hydrogens is 793 g/mol. The molecule has 0 saturated carbocycles. The molecule has 0 radical (unpaired) electrons. The molecule has 0 amide bonds. The van der Waals surface area contributed by atoms with Gasteiger partial charge in [-0.25, -0.2) is 0 Å². The summed E-state index contributed by atoms with van der Waals surface area (Å²) in [5.74, 6) is -1.05. The number of ether oxygens (including phenoxy) is 3. The van der Waals surface area contributed by atoms with Gasteiger partial charge < -0.3 is 14.2 Å². The molecule has 0 aromatic heterocycles. The van der Waals surface area contributed by atoms with Crippen molar-refractivity contribution in [1.82, 2.24) is 0 Å². The lowest BCUT2D eigenvalue weighted by molar-refractivity contribution is -0.167. The number of esters is 3. The Morgan fingerprint density at radius 1 is 0.328 bits per heavy atom. The van der Waals surface area contributed by atoms with Crippen molar-refractivity contribution >= 4 is 17.9 Å². The zero-order valence-electron chi connectivity index (χ0n) is 40.2. The van der Waals surface area contributed by atoms with E-state index in [4.69, 9.17) is 14.2 Å². The van der Waals surface area contributed by atoms with E-state index in [1.54, 1.807) is 0 Å². The summed E-state index contributed by atoms with van der Waals surface area (Å²) in [6.07, 6.45) is 73.6. The Kier molecular flexibility index (Phi) is 46.7. The fourth-order valence-corrected chi connectivity index (χ4v) is 5.87. The van der Waals surface area contributed by atoms with E-state index in [1.807, 2.05) is 109 Å². The van der Waals surface area contributed by atoms with Crippen molar-refractivity contribution in [2.45, 2.75) is 175 Å². The summed E-state index contributed by atoms with van der Waals surface area (Å²) in [6, 6.07) is 0. The van der Waals surface area contributed by atoms with Gasteiger partial charge in [0.25, 0.3) is 0 Å². The second-order valence-electron chi connectivity index (χ2n) is 15.6. The molecule has 0 N–H and O–H groups in total. The van der Waals surface area contributed by atoms with Crippen molar-refractivity contribution in [2.75, 3.05) is 13.2 Å². The molecule has 0 fully saturated rings. The first kappa shape index (κ1) is 59.0. The van der Waals surface area contributed by atoms with Gasteiger partial charge in [0.15, 0.2) is 6.10 Å². The molecule has 0 aliphatic carbocycles. The van der Waals surface area contributed by atoms with Crippen LogP contribution in [0.3, 0.4) is 0 Å². The minimum atomic E-state index is -0.829. The fraction of sp³-hybridized carbons (Fsp3) is 0.500. The van der Waals surface area contributed by atoms with Crippen LogP contribution < -0.4 is 0 Å². The highest BCUT2D eigenvalue weighted by Crippen LogP contribution is 2.11. The van der Waals surface area contributed by atoms with Crippen LogP contribution in [0.15, 0.2) is 158 Å². The van der Waals surface area contributed by atoms with Gasteiger partial charge in [-0.3, -0.25) is 14.4 Å². The van der Waals surface area contributed by atoms with E-state index in [0.29, 0.717) is 12.8 Å². The van der Waals surface area contributed by atoms with Crippen LogP contribution in [-0.2, 0) is 28.6 Å². The molecule has 354 valence electrons. The summed E-state index contributed by atoms with van der Waals surface area (Å²) in [6.45, 7) is 6.24. The largest absolute Gasteiger partial charge is 0.462 e. The Balaban J connectivity index is 4.57. The Morgan fingerprint density at radius 3 is 1.14 bits per heavy atom. The number of rotatable bonds is 41. The summed E-state index contributed by atoms with van der Waals surface area (Å²) in [7, 11) is 0. The Bertz CT molecular complexity index is 1520. The molecule has 6 heteroatoms. The van der Waals surface area contributed by atoms with Crippen LogP contribution in [0.2, 0.25) is 0 Å². The monoisotopic (exact) mass is 879 g/mol. The van der Waals surface area contributed by atoms with Crippen LogP contribution in [0.4, 0.5) is 0 Å². The van der Waals surface area contributed by atoms with Gasteiger partial charge in [0.1, 0.15) is 13.2 Å². The smallest absolute Gasteiger partial charge is 0.306 e. The highest BCUT2D eigenvalue weighted by Gasteiger charge is 2.19. The second kappa shape index (κ2) is 50.7. The van der Waals surface area contributed by atoms with Crippen molar-refractivity contribution < 1.29 is 28.6 Å². The molecule has 0 heterocycles. The molecular formula is C58H86O6. The predicted molar refractivity (Wildman–Crippen MR) is 274 cm³/mol. The normalized spacial score (nSPS) is 13.5. The zero-order chi connectivity index (χ0) is 46.5. The van der Waals surface area contributed by atoms with Gasteiger partial charge in [0.05, 0.1) is 0 Å². The van der Waals surface area contributed by atoms with Gasteiger partial charge in [-0.1, -0.05) is 230 Å². The first-order valence-electron chi connectivity index (χ1n) is 24.7. The van der Waals surface area contributed by atoms with E-state index < -0.39 is 6.10 Å². The van der Waals surface area contributed by atoms with Crippen LogP contribution in [0.1, 0.15) is 168 Å². The molecule has 0 aromatic rings. The van der Waals surface area contributed by atoms with Crippen molar-refractivity contribution in [3.8, 4) is 0 Å². The topological polar surface area (TPSA) is 78.9 Å². The number of hydrogen-bond acceptors (Lipinski definition) is 6. The number of hydrogen-bond donors (Lipinski definition) is 0. The summed E-state index contributed by atoms with van der Waals surface area (Å²) >= 11 is 0. The maximum absolute atomic E-state index is 12.8. The van der Waals surface area contributed by atoms with E-state index in [0.717, 1.165) is 83.5 Å². The van der Waals surface area contributed by atoms with Crippen LogP contribution in [0.5, 0.6) is 0 Å². The van der Waals surface area contributed by atoms with E-state index in [2.05, 4.69) is 69.4 Å². The number of carbonyl (C=O) groups is 3. The number of carbonyl (C=O) groups excluding carboxylic acids is 3. The average Bonchev–Trinajstić information content (AvgIpc) is 3.29. The van der Waals surface area contributed by atoms with Gasteiger partial charge in [-0.2, -0.15) is 0 Å². The SMILES string of the molecule is CC\C=C/C=C\C=C/C=C\C=C\C=C/C=C\CCCCCC(=O)OCC(COC(=O)CCC/C=C\CCCCCC)OC(=O)CCCCCCC\C=C/C=C\C=C/C=C\C=C/CCC. The molecule has 0 bridgehead atoms. The summed E-state index contributed by atoms with van der Waals surface area (Å²) in [4.78, 5) is 37.8. The fourth-order valence-electron chi connectivity index (χ4n) is 5.87. The second-order valence-corrected chi connectivity index (χ2v) is 15.6. The van der Waals surface area contributed by atoms with E-state index in [1.165, 1.54) is 32.1 Å². The lowest BCUT2D eigenvalue weighted by atomic mass is 10.1. The average molecular weight is 879 g/mol. The lowest BCUT2D eigenvalue weighted by Gasteiger charge is -2.18. The van der Waals surface area contributed by atoms with E-state index in [-0.39, 0.29) is 50.4 Å². The zero-order valence-corrected chi connectivity index (χ0v) is 40.2. The van der Waals surface area contributed by atoms with Gasteiger partial charge in [0.2, 0.25) is 0 Å². The lowest BCUT2D eigenvalue weighted by Crippen LogP contribution is -2.30. The first-order chi connectivity index (χ1) is 31.5. The summed E-state index contributed by atoms with van der Waals surface area (Å²) in [5, 5.41) is 0. The van der Waals surface area contributed by atoms with Crippen molar-refractivity contribution in [2.24, 2.45) is 0 Å². The third-order valence-corrected chi connectivity index (χ3v) is 9.54. The third kappa shape index (κ3) is 48.1. The van der Waals surface area contributed by atoms with Crippen LogP contribution in [0.25, 0.3) is 0 Å². The van der Waals surface area contributed by atoms with Crippen molar-refractivity contribution in [1.29, 1.82) is 0 Å². The molecule has 0 rings (SSSR count).